The van der Waals surface area contributed by atoms with Gasteiger partial charge in [0.25, 0.3) is 0 Å². The molecule has 0 radical (unpaired) electrons. The molecule has 0 unspecified atom stereocenters. The number of carbonyl (C=O) groups is 1. The molecular weight excluding hydrogens is 233 g/mol. The highest BCUT2D eigenvalue weighted by Gasteiger charge is 2.05. The summed E-state index contributed by atoms with van der Waals surface area (Å²) in [7, 11) is 0. The van der Waals surface area contributed by atoms with Crippen molar-refractivity contribution in [3.8, 4) is 0 Å². The largest absolute Gasteiger partial charge is 0.352 e. The SMILES string of the molecule is NC(=O)NCCNCc1c(F)cccc1Cl. The summed E-state index contributed by atoms with van der Waals surface area (Å²) in [5, 5.41) is 5.74. The molecule has 1 rings (SSSR count). The Morgan fingerprint density at radius 2 is 2.19 bits per heavy atom. The average molecular weight is 246 g/mol. The van der Waals surface area contributed by atoms with E-state index in [1.165, 1.54) is 6.07 Å². The van der Waals surface area contributed by atoms with Crippen molar-refractivity contribution < 1.29 is 9.18 Å². The first-order valence-electron chi connectivity index (χ1n) is 4.78. The third kappa shape index (κ3) is 4.04. The van der Waals surface area contributed by atoms with Crippen LogP contribution in [0.4, 0.5) is 9.18 Å². The van der Waals surface area contributed by atoms with Gasteiger partial charge in [0.15, 0.2) is 0 Å². The number of benzene rings is 1. The van der Waals surface area contributed by atoms with Gasteiger partial charge in [0.05, 0.1) is 0 Å². The molecule has 4 nitrogen and oxygen atoms in total. The van der Waals surface area contributed by atoms with Crippen LogP contribution in [0.2, 0.25) is 5.02 Å². The van der Waals surface area contributed by atoms with Gasteiger partial charge in [-0.15, -0.1) is 0 Å². The number of rotatable bonds is 5. The Labute approximate surface area is 98.0 Å². The first-order chi connectivity index (χ1) is 7.61. The van der Waals surface area contributed by atoms with Gasteiger partial charge in [-0.05, 0) is 12.1 Å². The van der Waals surface area contributed by atoms with Gasteiger partial charge >= 0.3 is 6.03 Å². The second-order valence-corrected chi connectivity index (χ2v) is 3.58. The zero-order valence-electron chi connectivity index (χ0n) is 8.59. The monoisotopic (exact) mass is 245 g/mol. The van der Waals surface area contributed by atoms with E-state index in [0.717, 1.165) is 0 Å². The van der Waals surface area contributed by atoms with Gasteiger partial charge in [-0.1, -0.05) is 17.7 Å². The van der Waals surface area contributed by atoms with E-state index in [-0.39, 0.29) is 5.82 Å². The van der Waals surface area contributed by atoms with E-state index in [0.29, 0.717) is 30.2 Å². The summed E-state index contributed by atoms with van der Waals surface area (Å²) in [6, 6.07) is 3.95. The fraction of sp³-hybridized carbons (Fsp3) is 0.300. The normalized spacial score (nSPS) is 10.1. The van der Waals surface area contributed by atoms with Gasteiger partial charge in [0.1, 0.15) is 5.82 Å². The Bertz CT molecular complexity index is 353. The van der Waals surface area contributed by atoms with E-state index in [1.807, 2.05) is 0 Å². The fourth-order valence-electron chi connectivity index (χ4n) is 1.19. The first-order valence-corrected chi connectivity index (χ1v) is 5.16. The number of halogens is 2. The van der Waals surface area contributed by atoms with Crippen LogP contribution in [0.25, 0.3) is 0 Å². The number of urea groups is 1. The van der Waals surface area contributed by atoms with Crippen molar-refractivity contribution in [2.24, 2.45) is 5.73 Å². The van der Waals surface area contributed by atoms with Gasteiger partial charge in [-0.3, -0.25) is 0 Å². The molecule has 0 saturated carbocycles. The van der Waals surface area contributed by atoms with Crippen LogP contribution < -0.4 is 16.4 Å². The molecule has 88 valence electrons. The highest BCUT2D eigenvalue weighted by Crippen LogP contribution is 2.18. The second kappa shape index (κ2) is 6.30. The summed E-state index contributed by atoms with van der Waals surface area (Å²) in [5.74, 6) is -0.345. The predicted molar refractivity (Wildman–Crippen MR) is 60.7 cm³/mol. The van der Waals surface area contributed by atoms with Gasteiger partial charge < -0.3 is 16.4 Å². The van der Waals surface area contributed by atoms with Gasteiger partial charge in [0, 0.05) is 30.2 Å². The number of amides is 2. The van der Waals surface area contributed by atoms with Crippen LogP contribution in [0.15, 0.2) is 18.2 Å². The van der Waals surface area contributed by atoms with Gasteiger partial charge in [-0.25, -0.2) is 9.18 Å². The lowest BCUT2D eigenvalue weighted by Crippen LogP contribution is -2.35. The molecule has 4 N–H and O–H groups in total. The van der Waals surface area contributed by atoms with Crippen molar-refractivity contribution in [3.63, 3.8) is 0 Å². The average Bonchev–Trinajstić information content (AvgIpc) is 2.21. The Hall–Kier alpha value is -1.33. The Morgan fingerprint density at radius 1 is 1.44 bits per heavy atom. The molecule has 0 atom stereocenters. The third-order valence-electron chi connectivity index (χ3n) is 1.96. The quantitative estimate of drug-likeness (QED) is 0.684. The lowest BCUT2D eigenvalue weighted by Gasteiger charge is -2.07. The summed E-state index contributed by atoms with van der Waals surface area (Å²) in [5.41, 5.74) is 5.29. The molecule has 0 heterocycles. The smallest absolute Gasteiger partial charge is 0.312 e. The van der Waals surface area contributed by atoms with E-state index >= 15 is 0 Å². The number of nitrogens with two attached hydrogens (primary N) is 1. The molecule has 2 amide bonds. The van der Waals surface area contributed by atoms with E-state index < -0.39 is 6.03 Å². The van der Waals surface area contributed by atoms with Crippen LogP contribution in [-0.4, -0.2) is 19.1 Å². The van der Waals surface area contributed by atoms with Gasteiger partial charge in [0.2, 0.25) is 0 Å². The number of hydrogen-bond donors (Lipinski definition) is 3. The zero-order valence-corrected chi connectivity index (χ0v) is 9.35. The first kappa shape index (κ1) is 12.7. The number of hydrogen-bond acceptors (Lipinski definition) is 2. The number of primary amides is 1. The predicted octanol–water partition coefficient (Wildman–Crippen LogP) is 1.24. The molecule has 1 aromatic rings. The van der Waals surface area contributed by atoms with E-state index in [2.05, 4.69) is 10.6 Å². The minimum absolute atomic E-state index is 0.311. The minimum atomic E-state index is -0.578. The molecule has 0 bridgehead atoms. The van der Waals surface area contributed by atoms with Crippen LogP contribution in [0.1, 0.15) is 5.56 Å². The van der Waals surface area contributed by atoms with Crippen LogP contribution >= 0.6 is 11.6 Å². The molecule has 6 heteroatoms. The van der Waals surface area contributed by atoms with E-state index in [1.54, 1.807) is 12.1 Å². The van der Waals surface area contributed by atoms with Crippen molar-refractivity contribution in [2.75, 3.05) is 13.1 Å². The highest BCUT2D eigenvalue weighted by molar-refractivity contribution is 6.31. The summed E-state index contributed by atoms with van der Waals surface area (Å²) in [4.78, 5) is 10.3. The van der Waals surface area contributed by atoms with Crippen molar-refractivity contribution in [3.05, 3.63) is 34.6 Å². The van der Waals surface area contributed by atoms with Crippen LogP contribution in [-0.2, 0) is 6.54 Å². The maximum Gasteiger partial charge on any atom is 0.312 e. The van der Waals surface area contributed by atoms with Crippen molar-refractivity contribution in [1.29, 1.82) is 0 Å². The standard InChI is InChI=1S/C10H13ClFN3O/c11-8-2-1-3-9(12)7(8)6-14-4-5-15-10(13)16/h1-3,14H,4-6H2,(H3,13,15,16). The molecule has 0 saturated heterocycles. The van der Waals surface area contributed by atoms with Gasteiger partial charge in [-0.2, -0.15) is 0 Å². The molecule has 0 aliphatic carbocycles. The fourth-order valence-corrected chi connectivity index (χ4v) is 1.42. The molecule has 0 fully saturated rings. The molecule has 0 aliphatic heterocycles. The highest BCUT2D eigenvalue weighted by atomic mass is 35.5. The topological polar surface area (TPSA) is 67.2 Å². The Kier molecular flexibility index (Phi) is 5.01. The van der Waals surface area contributed by atoms with Crippen molar-refractivity contribution in [2.45, 2.75) is 6.54 Å². The minimum Gasteiger partial charge on any atom is -0.352 e. The number of nitrogens with one attached hydrogen (secondary N) is 2. The zero-order chi connectivity index (χ0) is 12.0. The third-order valence-corrected chi connectivity index (χ3v) is 2.32. The van der Waals surface area contributed by atoms with Crippen LogP contribution in [0.3, 0.4) is 0 Å². The molecule has 16 heavy (non-hydrogen) atoms. The molecular formula is C10H13ClFN3O. The van der Waals surface area contributed by atoms with Crippen molar-refractivity contribution in [1.82, 2.24) is 10.6 Å². The lowest BCUT2D eigenvalue weighted by atomic mass is 10.2. The van der Waals surface area contributed by atoms with Crippen LogP contribution in [0, 0.1) is 5.82 Å². The molecule has 0 aromatic heterocycles. The van der Waals surface area contributed by atoms with Crippen molar-refractivity contribution >= 4 is 17.6 Å². The summed E-state index contributed by atoms with van der Waals surface area (Å²) < 4.78 is 13.3. The Balaban J connectivity index is 2.34. The second-order valence-electron chi connectivity index (χ2n) is 3.17. The van der Waals surface area contributed by atoms with Crippen LogP contribution in [0.5, 0.6) is 0 Å². The maximum atomic E-state index is 13.3. The lowest BCUT2D eigenvalue weighted by molar-refractivity contribution is 0.249. The molecule has 0 aliphatic rings. The van der Waals surface area contributed by atoms with E-state index in [9.17, 15) is 9.18 Å². The molecule has 0 spiro atoms. The maximum absolute atomic E-state index is 13.3. The van der Waals surface area contributed by atoms with E-state index in [4.69, 9.17) is 17.3 Å². The summed E-state index contributed by atoms with van der Waals surface area (Å²) >= 11 is 5.82. The number of carbonyl (C=O) groups excluding carboxylic acids is 1. The molecule has 1 aromatic carbocycles. The summed E-state index contributed by atoms with van der Waals surface area (Å²) in [6.45, 7) is 1.20. The summed E-state index contributed by atoms with van der Waals surface area (Å²) in [6.07, 6.45) is 0. The Morgan fingerprint density at radius 3 is 2.81 bits per heavy atom.